The van der Waals surface area contributed by atoms with Crippen LogP contribution in [0.25, 0.3) is 0 Å². The minimum absolute atomic E-state index is 0.0833. The lowest BCUT2D eigenvalue weighted by Gasteiger charge is -2.02. The van der Waals surface area contributed by atoms with Crippen LogP contribution in [0.15, 0.2) is 0 Å². The lowest BCUT2D eigenvalue weighted by molar-refractivity contribution is 0.151. The lowest BCUT2D eigenvalue weighted by atomic mass is 10.1. The molecule has 0 aromatic heterocycles. The van der Waals surface area contributed by atoms with Gasteiger partial charge in [0.25, 0.3) is 0 Å². The predicted molar refractivity (Wildman–Crippen MR) is 32.7 cm³/mol. The van der Waals surface area contributed by atoms with Crippen molar-refractivity contribution in [1.29, 1.82) is 0 Å². The maximum Gasteiger partial charge on any atom is 0.0704 e. The zero-order chi connectivity index (χ0) is 6.15. The molecule has 8 heavy (non-hydrogen) atoms. The predicted octanol–water partition coefficient (Wildman–Crippen LogP) is -0.0712. The summed E-state index contributed by atoms with van der Waals surface area (Å²) in [7, 11) is 2.03. The van der Waals surface area contributed by atoms with E-state index in [2.05, 4.69) is 11.8 Å². The Bertz CT molecular complexity index is 74.6. The molecule has 1 rings (SSSR count). The van der Waals surface area contributed by atoms with Crippen LogP contribution in [0, 0.1) is 5.92 Å². The molecule has 48 valence electrons. The Morgan fingerprint density at radius 2 is 2.12 bits per heavy atom. The number of likely N-dealkylation sites (N-methyl/N-ethyl adjacent to an activating group) is 1. The number of likely N-dealkylation sites (tertiary alicyclic amines) is 1. The first-order valence-corrected chi connectivity index (χ1v) is 3.07. The fraction of sp³-hybridized carbons (Fsp3) is 1.00. The Balaban J connectivity index is 2.39. The van der Waals surface area contributed by atoms with Crippen LogP contribution in [-0.2, 0) is 0 Å². The van der Waals surface area contributed by atoms with Gasteiger partial charge in [-0.3, -0.25) is 0 Å². The smallest absolute Gasteiger partial charge is 0.0704 e. The van der Waals surface area contributed by atoms with E-state index in [0.717, 1.165) is 13.1 Å². The standard InChI is InChI=1S/C6H13NO/c1-5-3-7(2)4-6(5)8/h5-6,8H,3-4H2,1-2H3/t5-,6+/m0/s1. The maximum absolute atomic E-state index is 9.13. The third-order valence-electron chi connectivity index (χ3n) is 1.76. The van der Waals surface area contributed by atoms with Crippen molar-refractivity contribution < 1.29 is 5.11 Å². The van der Waals surface area contributed by atoms with Gasteiger partial charge in [-0.05, 0) is 13.0 Å². The van der Waals surface area contributed by atoms with Crippen LogP contribution in [0.3, 0.4) is 0 Å². The minimum Gasteiger partial charge on any atom is -0.391 e. The summed E-state index contributed by atoms with van der Waals surface area (Å²) in [6.07, 6.45) is -0.0833. The van der Waals surface area contributed by atoms with Crippen LogP contribution in [0.5, 0.6) is 0 Å². The molecule has 1 aliphatic heterocycles. The zero-order valence-electron chi connectivity index (χ0n) is 5.46. The van der Waals surface area contributed by atoms with Crippen LogP contribution in [0.1, 0.15) is 6.92 Å². The summed E-state index contributed by atoms with van der Waals surface area (Å²) >= 11 is 0. The van der Waals surface area contributed by atoms with Crippen molar-refractivity contribution in [3.63, 3.8) is 0 Å². The molecule has 0 aromatic carbocycles. The largest absolute Gasteiger partial charge is 0.391 e. The molecule has 0 bridgehead atoms. The summed E-state index contributed by atoms with van der Waals surface area (Å²) in [5, 5.41) is 9.13. The molecule has 0 saturated carbocycles. The molecule has 1 heterocycles. The molecule has 1 N–H and O–H groups in total. The second-order valence-corrected chi connectivity index (χ2v) is 2.77. The summed E-state index contributed by atoms with van der Waals surface area (Å²) in [4.78, 5) is 2.15. The van der Waals surface area contributed by atoms with Gasteiger partial charge in [-0.1, -0.05) is 6.92 Å². The molecule has 0 aromatic rings. The van der Waals surface area contributed by atoms with Crippen molar-refractivity contribution in [3.8, 4) is 0 Å². The van der Waals surface area contributed by atoms with E-state index in [1.54, 1.807) is 0 Å². The molecule has 2 heteroatoms. The van der Waals surface area contributed by atoms with Crippen LogP contribution < -0.4 is 0 Å². The molecule has 1 aliphatic rings. The molecular weight excluding hydrogens is 102 g/mol. The van der Waals surface area contributed by atoms with Crippen LogP contribution in [0.4, 0.5) is 0 Å². The number of hydrogen-bond donors (Lipinski definition) is 1. The van der Waals surface area contributed by atoms with Gasteiger partial charge in [-0.25, -0.2) is 0 Å². The van der Waals surface area contributed by atoms with Crippen molar-refractivity contribution in [1.82, 2.24) is 4.90 Å². The summed E-state index contributed by atoms with van der Waals surface area (Å²) in [6.45, 7) is 3.97. The SMILES string of the molecule is C[C@H]1CN(C)C[C@H]1O. The number of aliphatic hydroxyl groups is 1. The average Bonchev–Trinajstić information content (AvgIpc) is 1.85. The number of nitrogens with zero attached hydrogens (tertiary/aromatic N) is 1. The van der Waals surface area contributed by atoms with Crippen molar-refractivity contribution in [3.05, 3.63) is 0 Å². The highest BCUT2D eigenvalue weighted by molar-refractivity contribution is 4.77. The Labute approximate surface area is 50.1 Å². The van der Waals surface area contributed by atoms with E-state index in [1.807, 2.05) is 7.05 Å². The molecule has 0 spiro atoms. The highest BCUT2D eigenvalue weighted by atomic mass is 16.3. The van der Waals surface area contributed by atoms with Gasteiger partial charge in [0.05, 0.1) is 6.10 Å². The molecule has 1 saturated heterocycles. The topological polar surface area (TPSA) is 23.5 Å². The monoisotopic (exact) mass is 115 g/mol. The molecule has 2 nitrogen and oxygen atoms in total. The Kier molecular flexibility index (Phi) is 1.54. The lowest BCUT2D eigenvalue weighted by Crippen LogP contribution is -2.16. The van der Waals surface area contributed by atoms with Gasteiger partial charge >= 0.3 is 0 Å². The van der Waals surface area contributed by atoms with E-state index < -0.39 is 0 Å². The number of aliphatic hydroxyl groups excluding tert-OH is 1. The van der Waals surface area contributed by atoms with E-state index in [4.69, 9.17) is 5.11 Å². The van der Waals surface area contributed by atoms with Gasteiger partial charge in [0, 0.05) is 13.1 Å². The first-order chi connectivity index (χ1) is 3.70. The Morgan fingerprint density at radius 3 is 2.25 bits per heavy atom. The van der Waals surface area contributed by atoms with Crippen molar-refractivity contribution in [2.24, 2.45) is 5.92 Å². The fourth-order valence-corrected chi connectivity index (χ4v) is 1.19. The van der Waals surface area contributed by atoms with Crippen molar-refractivity contribution in [2.75, 3.05) is 20.1 Å². The Hall–Kier alpha value is -0.0800. The summed E-state index contributed by atoms with van der Waals surface area (Å²) in [5.41, 5.74) is 0. The molecule has 1 fully saturated rings. The van der Waals surface area contributed by atoms with Crippen LogP contribution >= 0.6 is 0 Å². The fourth-order valence-electron chi connectivity index (χ4n) is 1.19. The van der Waals surface area contributed by atoms with Crippen molar-refractivity contribution in [2.45, 2.75) is 13.0 Å². The van der Waals surface area contributed by atoms with E-state index in [1.165, 1.54) is 0 Å². The summed E-state index contributed by atoms with van der Waals surface area (Å²) in [6, 6.07) is 0. The van der Waals surface area contributed by atoms with Gasteiger partial charge in [0.2, 0.25) is 0 Å². The molecule has 2 atom stereocenters. The number of hydrogen-bond acceptors (Lipinski definition) is 2. The molecule has 0 radical (unpaired) electrons. The van der Waals surface area contributed by atoms with Crippen LogP contribution in [-0.4, -0.2) is 36.2 Å². The molecule has 0 amide bonds. The first kappa shape index (κ1) is 6.05. The number of rotatable bonds is 0. The summed E-state index contributed by atoms with van der Waals surface area (Å²) < 4.78 is 0. The molecular formula is C6H13NO. The Morgan fingerprint density at radius 1 is 1.50 bits per heavy atom. The second kappa shape index (κ2) is 2.03. The normalized spacial score (nSPS) is 40.9. The van der Waals surface area contributed by atoms with Gasteiger partial charge < -0.3 is 10.0 Å². The van der Waals surface area contributed by atoms with Gasteiger partial charge in [-0.15, -0.1) is 0 Å². The first-order valence-electron chi connectivity index (χ1n) is 3.07. The van der Waals surface area contributed by atoms with E-state index in [0.29, 0.717) is 5.92 Å². The zero-order valence-corrected chi connectivity index (χ0v) is 5.46. The van der Waals surface area contributed by atoms with Gasteiger partial charge in [-0.2, -0.15) is 0 Å². The third-order valence-corrected chi connectivity index (χ3v) is 1.76. The second-order valence-electron chi connectivity index (χ2n) is 2.77. The van der Waals surface area contributed by atoms with E-state index >= 15 is 0 Å². The molecule has 0 unspecified atom stereocenters. The average molecular weight is 115 g/mol. The van der Waals surface area contributed by atoms with Crippen molar-refractivity contribution >= 4 is 0 Å². The number of β-amino-alcohol motifs (C(OH)–C–C–N with tert-alkyl or cyclic N) is 1. The quantitative estimate of drug-likeness (QED) is 0.477. The molecule has 0 aliphatic carbocycles. The minimum atomic E-state index is -0.0833. The highest BCUT2D eigenvalue weighted by Gasteiger charge is 2.24. The maximum atomic E-state index is 9.13. The highest BCUT2D eigenvalue weighted by Crippen LogP contribution is 2.12. The van der Waals surface area contributed by atoms with Gasteiger partial charge in [0.15, 0.2) is 0 Å². The van der Waals surface area contributed by atoms with E-state index in [9.17, 15) is 0 Å². The van der Waals surface area contributed by atoms with Crippen LogP contribution in [0.2, 0.25) is 0 Å². The van der Waals surface area contributed by atoms with Gasteiger partial charge in [0.1, 0.15) is 0 Å². The summed E-state index contributed by atoms with van der Waals surface area (Å²) in [5.74, 6) is 0.472. The van der Waals surface area contributed by atoms with E-state index in [-0.39, 0.29) is 6.10 Å². The third kappa shape index (κ3) is 1.01.